The lowest BCUT2D eigenvalue weighted by atomic mass is 9.49. The molecule has 178 valence electrons. The van der Waals surface area contributed by atoms with Crippen LogP contribution in [0.15, 0.2) is 29.6 Å². The maximum Gasteiger partial charge on any atom is 0.227 e. The number of methoxy groups -OCH3 is 1. The molecule has 0 aliphatic heterocycles. The lowest BCUT2D eigenvalue weighted by molar-refractivity contribution is -0.116. The van der Waals surface area contributed by atoms with Crippen molar-refractivity contribution in [2.24, 2.45) is 17.8 Å². The number of aromatic amines is 1. The Morgan fingerprint density at radius 3 is 2.53 bits per heavy atom. The first-order chi connectivity index (χ1) is 16.5. The summed E-state index contributed by atoms with van der Waals surface area (Å²) in [6, 6.07) is 7.63. The smallest absolute Gasteiger partial charge is 0.227 e. The molecule has 34 heavy (non-hydrogen) atoms. The quantitative estimate of drug-likeness (QED) is 0.419. The molecule has 4 bridgehead atoms. The van der Waals surface area contributed by atoms with Gasteiger partial charge in [-0.2, -0.15) is 5.10 Å². The second kappa shape index (κ2) is 8.61. The van der Waals surface area contributed by atoms with Crippen molar-refractivity contribution in [3.05, 3.63) is 40.1 Å². The summed E-state index contributed by atoms with van der Waals surface area (Å²) in [7, 11) is 1.64. The molecule has 1 amide bonds. The van der Waals surface area contributed by atoms with Crippen LogP contribution >= 0.6 is 23.6 Å². The molecule has 7 nitrogen and oxygen atoms in total. The number of hydrogen-bond donors (Lipinski definition) is 2. The number of carbonyl (C=O) groups is 1. The van der Waals surface area contributed by atoms with Crippen LogP contribution in [-0.4, -0.2) is 32.8 Å². The molecule has 9 heteroatoms. The normalized spacial score (nSPS) is 27.1. The van der Waals surface area contributed by atoms with Gasteiger partial charge in [-0.3, -0.25) is 14.5 Å². The number of benzene rings is 1. The number of aromatic nitrogens is 4. The van der Waals surface area contributed by atoms with E-state index in [4.69, 9.17) is 21.9 Å². The van der Waals surface area contributed by atoms with Gasteiger partial charge in [0.2, 0.25) is 5.91 Å². The minimum absolute atomic E-state index is 0.0600. The third kappa shape index (κ3) is 3.98. The summed E-state index contributed by atoms with van der Waals surface area (Å²) in [5, 5.41) is 13.1. The van der Waals surface area contributed by atoms with Crippen molar-refractivity contribution in [1.29, 1.82) is 0 Å². The predicted molar refractivity (Wildman–Crippen MR) is 135 cm³/mol. The van der Waals surface area contributed by atoms with Gasteiger partial charge in [0.05, 0.1) is 12.8 Å². The maximum atomic E-state index is 12.8. The largest absolute Gasteiger partial charge is 0.497 e. The van der Waals surface area contributed by atoms with Crippen molar-refractivity contribution in [3.63, 3.8) is 0 Å². The fourth-order valence-corrected chi connectivity index (χ4v) is 7.95. The summed E-state index contributed by atoms with van der Waals surface area (Å²) < 4.78 is 7.59. The van der Waals surface area contributed by atoms with E-state index in [9.17, 15) is 4.79 Å². The van der Waals surface area contributed by atoms with Gasteiger partial charge in [0.25, 0.3) is 0 Å². The van der Waals surface area contributed by atoms with E-state index < -0.39 is 0 Å². The zero-order chi connectivity index (χ0) is 23.3. The molecule has 0 atom stereocenters. The number of amides is 1. The van der Waals surface area contributed by atoms with Crippen LogP contribution in [0.25, 0.3) is 11.4 Å². The monoisotopic (exact) mass is 495 g/mol. The van der Waals surface area contributed by atoms with Crippen LogP contribution in [-0.2, 0) is 16.8 Å². The van der Waals surface area contributed by atoms with E-state index in [2.05, 4.69) is 20.9 Å². The van der Waals surface area contributed by atoms with Crippen LogP contribution in [0.3, 0.4) is 0 Å². The number of ether oxygens (including phenoxy) is 1. The Bertz CT molecular complexity index is 1220. The van der Waals surface area contributed by atoms with E-state index in [1.54, 1.807) is 18.4 Å². The second-order valence-electron chi connectivity index (χ2n) is 10.3. The molecule has 0 saturated heterocycles. The Morgan fingerprint density at radius 2 is 1.88 bits per heavy atom. The molecule has 4 saturated carbocycles. The summed E-state index contributed by atoms with van der Waals surface area (Å²) in [4.78, 5) is 17.7. The van der Waals surface area contributed by atoms with Crippen LogP contribution < -0.4 is 10.1 Å². The van der Waals surface area contributed by atoms with Gasteiger partial charge in [0.15, 0.2) is 15.7 Å². The predicted octanol–water partition coefficient (Wildman–Crippen LogP) is 5.57. The number of anilines is 1. The van der Waals surface area contributed by atoms with E-state index in [0.29, 0.717) is 28.7 Å². The van der Waals surface area contributed by atoms with E-state index in [-0.39, 0.29) is 11.3 Å². The lowest BCUT2D eigenvalue weighted by Gasteiger charge is -2.56. The molecule has 0 radical (unpaired) electrons. The number of hydrogen-bond acceptors (Lipinski definition) is 6. The highest BCUT2D eigenvalue weighted by Crippen LogP contribution is 2.60. The average Bonchev–Trinajstić information content (AvgIpc) is 3.44. The van der Waals surface area contributed by atoms with Crippen molar-refractivity contribution in [2.75, 3.05) is 12.4 Å². The highest BCUT2D eigenvalue weighted by Gasteiger charge is 2.52. The van der Waals surface area contributed by atoms with Crippen LogP contribution in [0.4, 0.5) is 5.13 Å². The molecule has 2 aromatic heterocycles. The van der Waals surface area contributed by atoms with Gasteiger partial charge in [0.1, 0.15) is 5.75 Å². The van der Waals surface area contributed by atoms with Crippen LogP contribution in [0.2, 0.25) is 0 Å². The summed E-state index contributed by atoms with van der Waals surface area (Å²) >= 11 is 6.97. The molecule has 0 spiro atoms. The molecule has 2 heterocycles. The minimum Gasteiger partial charge on any atom is -0.497 e. The number of thiazole rings is 1. The fraction of sp³-hybridized carbons (Fsp3) is 0.520. The highest BCUT2D eigenvalue weighted by atomic mass is 32.1. The third-order valence-corrected chi connectivity index (χ3v) is 9.07. The Morgan fingerprint density at radius 1 is 1.21 bits per heavy atom. The molecule has 1 aromatic carbocycles. The van der Waals surface area contributed by atoms with Gasteiger partial charge in [-0.1, -0.05) is 0 Å². The molecule has 4 fully saturated rings. The Kier molecular flexibility index (Phi) is 5.56. The van der Waals surface area contributed by atoms with E-state index >= 15 is 0 Å². The van der Waals surface area contributed by atoms with Crippen LogP contribution in [0.5, 0.6) is 5.75 Å². The average molecular weight is 496 g/mol. The number of nitrogens with one attached hydrogen (secondary N) is 2. The van der Waals surface area contributed by atoms with Crippen molar-refractivity contribution >= 4 is 34.6 Å². The van der Waals surface area contributed by atoms with Crippen molar-refractivity contribution in [2.45, 2.75) is 56.9 Å². The minimum atomic E-state index is -0.0600. The van der Waals surface area contributed by atoms with Gasteiger partial charge in [0, 0.05) is 29.3 Å². The van der Waals surface area contributed by atoms with Gasteiger partial charge in [-0.05, 0) is 92.8 Å². The Hall–Kier alpha value is -2.52. The van der Waals surface area contributed by atoms with Gasteiger partial charge < -0.3 is 10.1 Å². The molecule has 4 aliphatic carbocycles. The van der Waals surface area contributed by atoms with Crippen LogP contribution in [0, 0.1) is 22.5 Å². The molecule has 7 rings (SSSR count). The first kappa shape index (κ1) is 22.0. The molecule has 2 N–H and O–H groups in total. The topological polar surface area (TPSA) is 84.8 Å². The summed E-state index contributed by atoms with van der Waals surface area (Å²) in [5.41, 5.74) is 2.38. The van der Waals surface area contributed by atoms with Crippen molar-refractivity contribution in [1.82, 2.24) is 19.7 Å². The SMILES string of the molecule is COc1ccc(-c2n[nH]c(=S)n2CCC(=O)Nc2nc(C34CC5CC(CC(C5)C3)C4)cs2)cc1. The number of H-pyrrole nitrogens is 1. The zero-order valence-corrected chi connectivity index (χ0v) is 20.9. The summed E-state index contributed by atoms with van der Waals surface area (Å²) in [6.45, 7) is 0.440. The third-order valence-electron chi connectivity index (χ3n) is 8.00. The number of carbonyl (C=O) groups excluding carboxylic acids is 1. The second-order valence-corrected chi connectivity index (χ2v) is 11.5. The molecule has 4 aliphatic rings. The summed E-state index contributed by atoms with van der Waals surface area (Å²) in [5.74, 6) is 4.07. The van der Waals surface area contributed by atoms with E-state index in [1.807, 2.05) is 28.8 Å². The lowest BCUT2D eigenvalue weighted by Crippen LogP contribution is -2.48. The fourth-order valence-electron chi connectivity index (χ4n) is 6.88. The Balaban J connectivity index is 1.11. The van der Waals surface area contributed by atoms with Gasteiger partial charge in [-0.25, -0.2) is 4.98 Å². The van der Waals surface area contributed by atoms with E-state index in [1.165, 1.54) is 44.2 Å². The van der Waals surface area contributed by atoms with Crippen LogP contribution in [0.1, 0.15) is 50.6 Å². The molecule has 3 aromatic rings. The zero-order valence-electron chi connectivity index (χ0n) is 19.3. The molecular formula is C25H29N5O2S2. The maximum absolute atomic E-state index is 12.8. The van der Waals surface area contributed by atoms with Crippen molar-refractivity contribution < 1.29 is 9.53 Å². The standard InChI is InChI=1S/C25H29N5O2S2/c1-32-19-4-2-18(3-5-19)22-28-29-24(33)30(22)7-6-21(31)27-23-26-20(14-34-23)25-11-15-8-16(12-25)10-17(9-15)13-25/h2-5,14-17H,6-13H2,1H3,(H,29,33)(H,26,27,31). The first-order valence-corrected chi connectivity index (χ1v) is 13.4. The number of rotatable bonds is 7. The van der Waals surface area contributed by atoms with Gasteiger partial charge in [-0.15, -0.1) is 11.3 Å². The van der Waals surface area contributed by atoms with Crippen molar-refractivity contribution in [3.8, 4) is 17.1 Å². The Labute approximate surface area is 208 Å². The first-order valence-electron chi connectivity index (χ1n) is 12.1. The molecule has 0 unspecified atom stereocenters. The molecular weight excluding hydrogens is 466 g/mol. The van der Waals surface area contributed by atoms with Gasteiger partial charge >= 0.3 is 0 Å². The summed E-state index contributed by atoms with van der Waals surface area (Å²) in [6.07, 6.45) is 8.39. The number of nitrogens with zero attached hydrogens (tertiary/aromatic N) is 3. The van der Waals surface area contributed by atoms with E-state index in [0.717, 1.165) is 29.1 Å². The highest BCUT2D eigenvalue weighted by molar-refractivity contribution is 7.71.